The maximum atomic E-state index is 13.2. The first-order valence-corrected chi connectivity index (χ1v) is 13.5. The highest BCUT2D eigenvalue weighted by molar-refractivity contribution is 6.06. The molecule has 3 N–H and O–H groups in total. The standard InChI is InChI=1S/C30H31FN8O2/c1-18-14-33-30(35-26-13-19(2)38(3)37-26)36-28(18)24-15-32-29-23(24)5-4-6-25(29)34-27(40)17-39-12-11-22(16-39)41-21-9-7-20(31)8-10-21/h4-10,13-15,22,32H,11-12,16-17H2,1-3H3,(H,34,40)(H,33,35,36,37)/t22-/m0/s1. The summed E-state index contributed by atoms with van der Waals surface area (Å²) in [6, 6.07) is 13.8. The van der Waals surface area contributed by atoms with Crippen LogP contribution in [0.3, 0.4) is 0 Å². The van der Waals surface area contributed by atoms with Gasteiger partial charge in [-0.3, -0.25) is 14.4 Å². The van der Waals surface area contributed by atoms with Crippen LogP contribution in [0.1, 0.15) is 17.7 Å². The third-order valence-electron chi connectivity index (χ3n) is 7.28. The van der Waals surface area contributed by atoms with Crippen LogP contribution in [-0.4, -0.2) is 61.3 Å². The summed E-state index contributed by atoms with van der Waals surface area (Å²) >= 11 is 0. The Hall–Kier alpha value is -4.77. The number of carbonyl (C=O) groups is 1. The van der Waals surface area contributed by atoms with Crippen LogP contribution in [0.2, 0.25) is 0 Å². The number of hydrogen-bond donors (Lipinski definition) is 3. The second kappa shape index (κ2) is 11.0. The highest BCUT2D eigenvalue weighted by Gasteiger charge is 2.26. The number of para-hydroxylation sites is 1. The molecule has 1 saturated heterocycles. The van der Waals surface area contributed by atoms with Crippen LogP contribution in [0.5, 0.6) is 5.75 Å². The molecular weight excluding hydrogens is 523 g/mol. The number of aryl methyl sites for hydroxylation is 3. The Kier molecular flexibility index (Phi) is 7.10. The summed E-state index contributed by atoms with van der Waals surface area (Å²) < 4.78 is 20.9. The molecule has 11 heteroatoms. The van der Waals surface area contributed by atoms with Gasteiger partial charge in [0, 0.05) is 55.2 Å². The summed E-state index contributed by atoms with van der Waals surface area (Å²) in [5.74, 6) is 1.36. The molecule has 10 nitrogen and oxygen atoms in total. The highest BCUT2D eigenvalue weighted by Crippen LogP contribution is 2.33. The summed E-state index contributed by atoms with van der Waals surface area (Å²) in [5.41, 5.74) is 5.17. The second-order valence-electron chi connectivity index (χ2n) is 10.3. The van der Waals surface area contributed by atoms with Gasteiger partial charge in [-0.1, -0.05) is 12.1 Å². The molecule has 4 heterocycles. The number of aromatic nitrogens is 5. The number of benzene rings is 2. The van der Waals surface area contributed by atoms with E-state index in [1.807, 2.05) is 51.4 Å². The van der Waals surface area contributed by atoms with E-state index in [-0.39, 0.29) is 24.4 Å². The molecule has 0 bridgehead atoms. The first kappa shape index (κ1) is 26.5. The van der Waals surface area contributed by atoms with Crippen molar-refractivity contribution in [3.8, 4) is 17.0 Å². The van der Waals surface area contributed by atoms with Gasteiger partial charge >= 0.3 is 0 Å². The van der Waals surface area contributed by atoms with Gasteiger partial charge in [0.1, 0.15) is 17.7 Å². The summed E-state index contributed by atoms with van der Waals surface area (Å²) in [6.45, 7) is 5.58. The second-order valence-corrected chi connectivity index (χ2v) is 10.3. The summed E-state index contributed by atoms with van der Waals surface area (Å²) in [5, 5.41) is 11.6. The van der Waals surface area contributed by atoms with E-state index < -0.39 is 0 Å². The van der Waals surface area contributed by atoms with Crippen molar-refractivity contribution in [1.82, 2.24) is 29.6 Å². The normalized spacial score (nSPS) is 15.4. The lowest BCUT2D eigenvalue weighted by atomic mass is 10.1. The van der Waals surface area contributed by atoms with Gasteiger partial charge in [0.05, 0.1) is 23.4 Å². The van der Waals surface area contributed by atoms with Crippen LogP contribution in [0, 0.1) is 19.7 Å². The van der Waals surface area contributed by atoms with Crippen molar-refractivity contribution in [3.05, 3.63) is 78.0 Å². The van der Waals surface area contributed by atoms with Gasteiger partial charge < -0.3 is 20.4 Å². The summed E-state index contributed by atoms with van der Waals surface area (Å²) in [4.78, 5) is 27.6. The van der Waals surface area contributed by atoms with Gasteiger partial charge in [-0.25, -0.2) is 14.4 Å². The van der Waals surface area contributed by atoms with Crippen molar-refractivity contribution in [2.24, 2.45) is 7.05 Å². The number of nitrogens with zero attached hydrogens (tertiary/aromatic N) is 5. The lowest BCUT2D eigenvalue weighted by molar-refractivity contribution is -0.117. The fourth-order valence-electron chi connectivity index (χ4n) is 5.10. The zero-order valence-electron chi connectivity index (χ0n) is 23.1. The van der Waals surface area contributed by atoms with Crippen LogP contribution in [0.25, 0.3) is 22.2 Å². The molecule has 0 radical (unpaired) electrons. The fraction of sp³-hybridized carbons (Fsp3) is 0.267. The largest absolute Gasteiger partial charge is 0.489 e. The lowest BCUT2D eigenvalue weighted by Crippen LogP contribution is -2.33. The number of ether oxygens (including phenoxy) is 1. The molecule has 0 spiro atoms. The van der Waals surface area contributed by atoms with E-state index in [1.165, 1.54) is 12.1 Å². The van der Waals surface area contributed by atoms with E-state index in [0.717, 1.165) is 46.4 Å². The van der Waals surface area contributed by atoms with Crippen molar-refractivity contribution >= 4 is 34.3 Å². The molecule has 0 saturated carbocycles. The smallest absolute Gasteiger partial charge is 0.238 e. The van der Waals surface area contributed by atoms with Crippen molar-refractivity contribution < 1.29 is 13.9 Å². The Labute approximate surface area is 236 Å². The van der Waals surface area contributed by atoms with E-state index >= 15 is 0 Å². The van der Waals surface area contributed by atoms with Crippen LogP contribution >= 0.6 is 0 Å². The number of amides is 1. The van der Waals surface area contributed by atoms with Gasteiger partial charge in [-0.15, -0.1) is 0 Å². The first-order valence-electron chi connectivity index (χ1n) is 13.5. The molecule has 0 aliphatic carbocycles. The van der Waals surface area contributed by atoms with Crippen LogP contribution in [-0.2, 0) is 11.8 Å². The van der Waals surface area contributed by atoms with Crippen molar-refractivity contribution in [1.29, 1.82) is 0 Å². The molecule has 0 unspecified atom stereocenters. The predicted octanol–water partition coefficient (Wildman–Crippen LogP) is 4.95. The van der Waals surface area contributed by atoms with Gasteiger partial charge in [0.25, 0.3) is 0 Å². The zero-order chi connectivity index (χ0) is 28.5. The number of nitrogens with one attached hydrogen (secondary N) is 3. The van der Waals surface area contributed by atoms with Gasteiger partial charge in [-0.05, 0) is 56.2 Å². The topological polar surface area (TPSA) is 113 Å². The number of anilines is 3. The van der Waals surface area contributed by atoms with Crippen LogP contribution in [0.4, 0.5) is 21.8 Å². The third-order valence-corrected chi connectivity index (χ3v) is 7.28. The maximum Gasteiger partial charge on any atom is 0.238 e. The molecule has 3 aromatic heterocycles. The molecule has 2 aromatic carbocycles. The average molecular weight is 555 g/mol. The molecule has 41 heavy (non-hydrogen) atoms. The zero-order valence-corrected chi connectivity index (χ0v) is 23.1. The van der Waals surface area contributed by atoms with E-state index in [0.29, 0.717) is 29.7 Å². The molecule has 1 aliphatic heterocycles. The Bertz CT molecular complexity index is 1690. The van der Waals surface area contributed by atoms with Crippen LogP contribution in [0.15, 0.2) is 60.9 Å². The molecule has 1 aliphatic rings. The number of carbonyl (C=O) groups excluding carboxylic acids is 1. The number of aromatic amines is 1. The molecule has 5 aromatic rings. The Morgan fingerprint density at radius 3 is 2.80 bits per heavy atom. The molecule has 1 amide bonds. The number of likely N-dealkylation sites (tertiary alicyclic amines) is 1. The summed E-state index contributed by atoms with van der Waals surface area (Å²) in [6.07, 6.45) is 4.45. The van der Waals surface area contributed by atoms with Crippen molar-refractivity contribution in [3.63, 3.8) is 0 Å². The number of fused-ring (bicyclic) bond motifs is 1. The predicted molar refractivity (Wildman–Crippen MR) is 156 cm³/mol. The number of halogens is 1. The molecular formula is C30H31FN8O2. The minimum absolute atomic E-state index is 0.0418. The van der Waals surface area contributed by atoms with E-state index in [9.17, 15) is 9.18 Å². The summed E-state index contributed by atoms with van der Waals surface area (Å²) in [7, 11) is 1.89. The van der Waals surface area contributed by atoms with E-state index in [1.54, 1.807) is 23.0 Å². The minimum atomic E-state index is -0.295. The first-order chi connectivity index (χ1) is 19.8. The number of hydrogen-bond acceptors (Lipinski definition) is 7. The average Bonchev–Trinajstić information content (AvgIpc) is 3.66. The Balaban J connectivity index is 1.14. The Morgan fingerprint density at radius 2 is 2.02 bits per heavy atom. The molecule has 210 valence electrons. The molecule has 1 fully saturated rings. The third kappa shape index (κ3) is 5.75. The number of H-pyrrole nitrogens is 1. The van der Waals surface area contributed by atoms with Crippen molar-refractivity contribution in [2.75, 3.05) is 30.3 Å². The monoisotopic (exact) mass is 554 g/mol. The van der Waals surface area contributed by atoms with Gasteiger partial charge in [-0.2, -0.15) is 5.10 Å². The fourth-order valence-corrected chi connectivity index (χ4v) is 5.10. The van der Waals surface area contributed by atoms with E-state index in [4.69, 9.17) is 9.72 Å². The lowest BCUT2D eigenvalue weighted by Gasteiger charge is -2.17. The maximum absolute atomic E-state index is 13.2. The Morgan fingerprint density at radius 1 is 1.20 bits per heavy atom. The molecule has 6 rings (SSSR count). The minimum Gasteiger partial charge on any atom is -0.489 e. The van der Waals surface area contributed by atoms with Gasteiger partial charge in [0.15, 0.2) is 5.82 Å². The van der Waals surface area contributed by atoms with Crippen molar-refractivity contribution in [2.45, 2.75) is 26.4 Å². The van der Waals surface area contributed by atoms with Crippen LogP contribution < -0.4 is 15.4 Å². The molecule has 1 atom stereocenters. The van der Waals surface area contributed by atoms with E-state index in [2.05, 4.69) is 30.6 Å². The number of rotatable bonds is 8. The quantitative estimate of drug-likeness (QED) is 0.249. The van der Waals surface area contributed by atoms with Gasteiger partial charge in [0.2, 0.25) is 11.9 Å². The SMILES string of the molecule is Cc1cnc(Nc2cc(C)n(C)n2)nc1-c1c[nH]c2c(NC(=O)CN3CC[C@H](Oc4ccc(F)cc4)C3)cccc12. The highest BCUT2D eigenvalue weighted by atomic mass is 19.1.